The Balaban J connectivity index is 4.02. The van der Waals surface area contributed by atoms with E-state index in [2.05, 4.69) is 0 Å². The van der Waals surface area contributed by atoms with E-state index in [1.165, 1.54) is 6.66 Å². The summed E-state index contributed by atoms with van der Waals surface area (Å²) < 4.78 is 17.2. The Labute approximate surface area is 102 Å². The molecule has 0 amide bonds. The van der Waals surface area contributed by atoms with Gasteiger partial charge in [0.05, 0.1) is 25.0 Å². The molecule has 0 aromatic heterocycles. The third-order valence-electron chi connectivity index (χ3n) is 2.35. The average Bonchev–Trinajstić information content (AvgIpc) is 2.24. The summed E-state index contributed by atoms with van der Waals surface area (Å²) in [6, 6.07) is 1.92. The Morgan fingerprint density at radius 1 is 1.59 bits per heavy atom. The van der Waals surface area contributed by atoms with Gasteiger partial charge in [-0.2, -0.15) is 5.26 Å². The van der Waals surface area contributed by atoms with Crippen LogP contribution in [0.5, 0.6) is 0 Å². The summed E-state index contributed by atoms with van der Waals surface area (Å²) in [6.45, 7) is 4.01. The molecule has 0 rings (SSSR count). The van der Waals surface area contributed by atoms with Crippen LogP contribution < -0.4 is 0 Å². The van der Waals surface area contributed by atoms with Crippen molar-refractivity contribution in [2.45, 2.75) is 32.6 Å². The number of nitrogens with zero attached hydrogens (tertiary/aromatic N) is 1. The molecule has 0 aromatic rings. The molecule has 6 heteroatoms. The van der Waals surface area contributed by atoms with Gasteiger partial charge in [-0.05, 0) is 12.8 Å². The van der Waals surface area contributed by atoms with Crippen LogP contribution in [0.1, 0.15) is 32.6 Å². The van der Waals surface area contributed by atoms with Crippen LogP contribution in [0.4, 0.5) is 0 Å². The molecule has 0 heterocycles. The van der Waals surface area contributed by atoms with Crippen molar-refractivity contribution in [2.24, 2.45) is 5.92 Å². The third kappa shape index (κ3) is 8.91. The maximum absolute atomic E-state index is 11.9. The maximum Gasteiger partial charge on any atom is 0.304 e. The first-order chi connectivity index (χ1) is 7.91. The molecule has 0 aliphatic heterocycles. The number of unbranched alkanes of at least 4 members (excludes halogenated alkanes) is 1. The smallest absolute Gasteiger partial charge is 0.304 e. The number of hydrogen-bond donors (Lipinski definition) is 1. The highest BCUT2D eigenvalue weighted by molar-refractivity contribution is 7.58. The Kier molecular flexibility index (Phi) is 7.86. The summed E-state index contributed by atoms with van der Waals surface area (Å²) >= 11 is 0. The van der Waals surface area contributed by atoms with Gasteiger partial charge in [0.1, 0.15) is 0 Å². The zero-order chi connectivity index (χ0) is 13.3. The number of carboxylic acids is 1. The molecule has 0 spiro atoms. The second-order valence-electron chi connectivity index (χ2n) is 4.14. The molecule has 0 aliphatic rings. The van der Waals surface area contributed by atoms with Crippen molar-refractivity contribution in [1.82, 2.24) is 0 Å². The van der Waals surface area contributed by atoms with Crippen molar-refractivity contribution in [3.05, 3.63) is 0 Å². The van der Waals surface area contributed by atoms with E-state index in [0.717, 1.165) is 12.8 Å². The van der Waals surface area contributed by atoms with Crippen LogP contribution in [0.25, 0.3) is 0 Å². The molecule has 0 aromatic carbocycles. The largest absolute Gasteiger partial charge is 0.481 e. The lowest BCUT2D eigenvalue weighted by Gasteiger charge is -2.14. The quantitative estimate of drug-likeness (QED) is 0.509. The average molecular weight is 261 g/mol. The lowest BCUT2D eigenvalue weighted by atomic mass is 10.1. The minimum Gasteiger partial charge on any atom is -0.481 e. The van der Waals surface area contributed by atoms with E-state index in [4.69, 9.17) is 14.9 Å². The molecule has 17 heavy (non-hydrogen) atoms. The highest BCUT2D eigenvalue weighted by Gasteiger charge is 2.20. The number of carboxylic acid groups (broad SMARTS) is 1. The van der Waals surface area contributed by atoms with Gasteiger partial charge in [-0.15, -0.1) is 0 Å². The predicted molar refractivity (Wildman–Crippen MR) is 65.2 cm³/mol. The van der Waals surface area contributed by atoms with E-state index in [1.54, 1.807) is 0 Å². The highest BCUT2D eigenvalue weighted by atomic mass is 31.2. The van der Waals surface area contributed by atoms with Crippen LogP contribution >= 0.6 is 7.37 Å². The van der Waals surface area contributed by atoms with Crippen molar-refractivity contribution in [3.8, 4) is 6.07 Å². The monoisotopic (exact) mass is 261 g/mol. The van der Waals surface area contributed by atoms with Crippen LogP contribution in [-0.4, -0.2) is 30.5 Å². The maximum atomic E-state index is 11.9. The molecule has 2 unspecified atom stereocenters. The molecule has 2 atom stereocenters. The summed E-state index contributed by atoms with van der Waals surface area (Å²) in [5.41, 5.74) is 0. The van der Waals surface area contributed by atoms with Gasteiger partial charge in [-0.3, -0.25) is 9.36 Å². The topological polar surface area (TPSA) is 87.4 Å². The predicted octanol–water partition coefficient (Wildman–Crippen LogP) is 2.72. The van der Waals surface area contributed by atoms with Crippen molar-refractivity contribution < 1.29 is 19.0 Å². The van der Waals surface area contributed by atoms with Crippen molar-refractivity contribution in [1.29, 1.82) is 5.26 Å². The molecule has 1 N–H and O–H groups in total. The first-order valence-electron chi connectivity index (χ1n) is 5.73. The summed E-state index contributed by atoms with van der Waals surface area (Å²) in [4.78, 5) is 10.5. The number of aliphatic carboxylic acids is 1. The number of rotatable bonds is 9. The van der Waals surface area contributed by atoms with E-state index in [-0.39, 0.29) is 12.6 Å². The Morgan fingerprint density at radius 2 is 2.24 bits per heavy atom. The van der Waals surface area contributed by atoms with Crippen molar-refractivity contribution in [2.75, 3.05) is 19.4 Å². The molecule has 0 radical (unpaired) electrons. The third-order valence-corrected chi connectivity index (χ3v) is 4.15. The second kappa shape index (κ2) is 8.27. The standard InChI is InChI=1S/C11H20NO4P/c1-3-4-6-16-17(2,15)7-5-10(9-12)8-11(13)14/h10H,3-8H2,1-2H3,(H,13,14). The van der Waals surface area contributed by atoms with E-state index in [0.29, 0.717) is 13.0 Å². The van der Waals surface area contributed by atoms with E-state index < -0.39 is 19.3 Å². The van der Waals surface area contributed by atoms with Gasteiger partial charge in [-0.25, -0.2) is 0 Å². The lowest BCUT2D eigenvalue weighted by molar-refractivity contribution is -0.137. The Bertz CT molecular complexity index is 324. The van der Waals surface area contributed by atoms with Crippen LogP contribution in [0.3, 0.4) is 0 Å². The molecule has 0 saturated carbocycles. The number of carbonyl (C=O) groups is 1. The first-order valence-corrected chi connectivity index (χ1v) is 7.99. The molecular formula is C11H20NO4P. The van der Waals surface area contributed by atoms with E-state index in [1.807, 2.05) is 13.0 Å². The van der Waals surface area contributed by atoms with Crippen LogP contribution in [0, 0.1) is 17.2 Å². The molecular weight excluding hydrogens is 241 g/mol. The Morgan fingerprint density at radius 3 is 2.71 bits per heavy atom. The number of nitriles is 1. The molecule has 0 aliphatic carbocycles. The van der Waals surface area contributed by atoms with Crippen LogP contribution in [0.15, 0.2) is 0 Å². The fourth-order valence-electron chi connectivity index (χ4n) is 1.28. The molecule has 0 bridgehead atoms. The van der Waals surface area contributed by atoms with E-state index >= 15 is 0 Å². The summed E-state index contributed by atoms with van der Waals surface area (Å²) in [5, 5.41) is 17.3. The number of hydrogen-bond acceptors (Lipinski definition) is 4. The zero-order valence-corrected chi connectivity index (χ0v) is 11.3. The van der Waals surface area contributed by atoms with Crippen molar-refractivity contribution >= 4 is 13.3 Å². The fourth-order valence-corrected chi connectivity index (χ4v) is 2.71. The van der Waals surface area contributed by atoms with Gasteiger partial charge in [0.2, 0.25) is 0 Å². The lowest BCUT2D eigenvalue weighted by Crippen LogP contribution is -2.08. The summed E-state index contributed by atoms with van der Waals surface area (Å²) in [6.07, 6.45) is 2.20. The Hall–Kier alpha value is -0.850. The van der Waals surface area contributed by atoms with Crippen LogP contribution in [0.2, 0.25) is 0 Å². The fraction of sp³-hybridized carbons (Fsp3) is 0.818. The molecule has 5 nitrogen and oxygen atoms in total. The molecule has 0 saturated heterocycles. The summed E-state index contributed by atoms with van der Waals surface area (Å²) in [7, 11) is -2.68. The van der Waals surface area contributed by atoms with Gasteiger partial charge >= 0.3 is 5.97 Å². The highest BCUT2D eigenvalue weighted by Crippen LogP contribution is 2.44. The molecule has 0 fully saturated rings. The normalized spacial score (nSPS) is 15.8. The minimum absolute atomic E-state index is 0.203. The minimum atomic E-state index is -2.68. The second-order valence-corrected chi connectivity index (χ2v) is 6.87. The van der Waals surface area contributed by atoms with Crippen molar-refractivity contribution in [3.63, 3.8) is 0 Å². The zero-order valence-electron chi connectivity index (χ0n) is 10.4. The first kappa shape index (κ1) is 16.1. The van der Waals surface area contributed by atoms with Gasteiger partial charge in [0.15, 0.2) is 7.37 Å². The van der Waals surface area contributed by atoms with Gasteiger partial charge < -0.3 is 9.63 Å². The van der Waals surface area contributed by atoms with E-state index in [9.17, 15) is 9.36 Å². The van der Waals surface area contributed by atoms with Gasteiger partial charge in [-0.1, -0.05) is 13.3 Å². The van der Waals surface area contributed by atoms with Crippen LogP contribution in [-0.2, 0) is 13.9 Å². The summed E-state index contributed by atoms with van der Waals surface area (Å²) in [5.74, 6) is -1.59. The molecule has 98 valence electrons. The van der Waals surface area contributed by atoms with Gasteiger partial charge in [0, 0.05) is 12.8 Å². The van der Waals surface area contributed by atoms with Gasteiger partial charge in [0.25, 0.3) is 0 Å². The SMILES string of the molecule is CCCCOP(C)(=O)CCC(C#N)CC(=O)O.